The number of nitrogens with zero attached hydrogens (tertiary/aromatic N) is 1. The summed E-state index contributed by atoms with van der Waals surface area (Å²) in [7, 11) is 0. The van der Waals surface area contributed by atoms with Crippen LogP contribution in [0.1, 0.15) is 103 Å². The zero-order valence-electron chi connectivity index (χ0n) is 34.6. The van der Waals surface area contributed by atoms with Crippen molar-refractivity contribution in [3.63, 3.8) is 0 Å². The lowest BCUT2D eigenvalue weighted by molar-refractivity contribution is -0.384. The van der Waals surface area contributed by atoms with Gasteiger partial charge in [0.25, 0.3) is 17.5 Å². The van der Waals surface area contributed by atoms with Crippen LogP contribution < -0.4 is 16.0 Å². The summed E-state index contributed by atoms with van der Waals surface area (Å²) in [4.78, 5) is 80.1. The van der Waals surface area contributed by atoms with E-state index in [1.54, 1.807) is 54.6 Å². The van der Waals surface area contributed by atoms with Crippen LogP contribution >= 0.6 is 0 Å². The molecule has 322 valence electrons. The van der Waals surface area contributed by atoms with Crippen molar-refractivity contribution in [3.8, 4) is 0 Å². The Hall–Kier alpha value is -7.15. The summed E-state index contributed by atoms with van der Waals surface area (Å²) in [6, 6.07) is 34.5. The fraction of sp³-hybridized carbons (Fsp3) is 0.300. The molecule has 4 aliphatic carbocycles. The lowest BCUT2D eigenvalue weighted by atomic mass is 9.49. The Morgan fingerprint density at radius 1 is 0.635 bits per heavy atom. The van der Waals surface area contributed by atoms with Crippen LogP contribution in [0.4, 0.5) is 11.4 Å². The molecule has 0 aliphatic heterocycles. The Labute approximate surface area is 364 Å². The van der Waals surface area contributed by atoms with E-state index in [-0.39, 0.29) is 58.8 Å². The third kappa shape index (κ3) is 10.3. The second-order valence-electron chi connectivity index (χ2n) is 17.2. The van der Waals surface area contributed by atoms with Crippen molar-refractivity contribution in [2.75, 3.05) is 18.4 Å². The highest BCUT2D eigenvalue weighted by molar-refractivity contribution is 6.08. The Kier molecular flexibility index (Phi) is 12.7. The van der Waals surface area contributed by atoms with Gasteiger partial charge in [-0.3, -0.25) is 24.5 Å². The van der Waals surface area contributed by atoms with Gasteiger partial charge in [-0.25, -0.2) is 9.59 Å². The molecule has 3 N–H and O–H groups in total. The van der Waals surface area contributed by atoms with Crippen LogP contribution in [0.2, 0.25) is 0 Å². The number of anilines is 1. The largest absolute Gasteiger partial charge is 0.457 e. The quantitative estimate of drug-likeness (QED) is 0.0499. The molecule has 4 saturated carbocycles. The minimum atomic E-state index is -1.01. The molecule has 0 saturated heterocycles. The van der Waals surface area contributed by atoms with Crippen LogP contribution in [-0.2, 0) is 27.5 Å². The summed E-state index contributed by atoms with van der Waals surface area (Å²) in [5, 5.41) is 20.5. The lowest BCUT2D eigenvalue weighted by Gasteiger charge is -2.56. The van der Waals surface area contributed by atoms with Crippen molar-refractivity contribution in [3.05, 3.63) is 176 Å². The molecule has 5 aromatic rings. The second kappa shape index (κ2) is 18.9. The number of ether oxygens (including phenoxy) is 2. The molecule has 4 aliphatic rings. The van der Waals surface area contributed by atoms with E-state index in [4.69, 9.17) is 9.47 Å². The molecule has 3 amide bonds. The molecule has 1 atom stereocenters. The summed E-state index contributed by atoms with van der Waals surface area (Å²) >= 11 is 0. The van der Waals surface area contributed by atoms with Gasteiger partial charge in [0.1, 0.15) is 13.2 Å². The van der Waals surface area contributed by atoms with Crippen molar-refractivity contribution in [1.82, 2.24) is 10.6 Å². The lowest BCUT2D eigenvalue weighted by Crippen LogP contribution is -2.51. The minimum Gasteiger partial charge on any atom is -0.457 e. The van der Waals surface area contributed by atoms with Crippen LogP contribution in [-0.4, -0.2) is 47.7 Å². The number of amides is 3. The third-order valence-electron chi connectivity index (χ3n) is 12.6. The summed E-state index contributed by atoms with van der Waals surface area (Å²) in [5.41, 5.74) is 1.59. The van der Waals surface area contributed by atoms with Gasteiger partial charge < -0.3 is 25.4 Å². The maximum absolute atomic E-state index is 14.3. The van der Waals surface area contributed by atoms with E-state index in [9.17, 15) is 34.1 Å². The molecule has 0 spiro atoms. The molecule has 5 aromatic carbocycles. The number of nitro benzene ring substituents is 1. The van der Waals surface area contributed by atoms with Gasteiger partial charge in [0.2, 0.25) is 5.91 Å². The number of nitrogens with one attached hydrogen (secondary N) is 3. The van der Waals surface area contributed by atoms with Gasteiger partial charge in [0.15, 0.2) is 0 Å². The maximum atomic E-state index is 14.3. The number of hydrogen-bond acceptors (Lipinski definition) is 9. The SMILES string of the molecule is O=C(OCc1ccccc1)c1cc(NC(=O)C(CNC(=O)c2ccc([N+](=O)[O-])cc2C(=O)NCC23CC4CC(CC(C4)C2)C3)c2ccccc2)cc(C(=O)OCc2ccccc2)c1. The van der Waals surface area contributed by atoms with E-state index in [2.05, 4.69) is 16.0 Å². The molecular weight excluding hydrogens is 801 g/mol. The van der Waals surface area contributed by atoms with E-state index in [0.717, 1.165) is 36.5 Å². The first-order valence-electron chi connectivity index (χ1n) is 21.3. The predicted molar refractivity (Wildman–Crippen MR) is 234 cm³/mol. The summed E-state index contributed by atoms with van der Waals surface area (Å²) in [5.74, 6) is -2.36. The molecule has 0 heterocycles. The zero-order valence-corrected chi connectivity index (χ0v) is 34.6. The fourth-order valence-electron chi connectivity index (χ4n) is 10.0. The second-order valence-corrected chi connectivity index (χ2v) is 17.2. The number of non-ortho nitro benzene ring substituents is 1. The van der Waals surface area contributed by atoms with Crippen LogP contribution in [0.5, 0.6) is 0 Å². The van der Waals surface area contributed by atoms with Gasteiger partial charge >= 0.3 is 11.9 Å². The van der Waals surface area contributed by atoms with E-state index in [0.29, 0.717) is 29.9 Å². The Morgan fingerprint density at radius 2 is 1.14 bits per heavy atom. The number of carbonyl (C=O) groups is 5. The first-order valence-corrected chi connectivity index (χ1v) is 21.3. The van der Waals surface area contributed by atoms with Crippen molar-refractivity contribution < 1.29 is 38.4 Å². The van der Waals surface area contributed by atoms with Crippen LogP contribution in [0, 0.1) is 33.3 Å². The number of hydrogen-bond donors (Lipinski definition) is 3. The number of rotatable bonds is 16. The monoisotopic (exact) mass is 848 g/mol. The van der Waals surface area contributed by atoms with Gasteiger partial charge in [-0.15, -0.1) is 0 Å². The first kappa shape index (κ1) is 42.5. The highest BCUT2D eigenvalue weighted by atomic mass is 16.6. The van der Waals surface area contributed by atoms with Crippen molar-refractivity contribution in [2.24, 2.45) is 23.2 Å². The first-order chi connectivity index (χ1) is 30.5. The van der Waals surface area contributed by atoms with Crippen molar-refractivity contribution >= 4 is 41.0 Å². The number of nitro groups is 1. The minimum absolute atomic E-state index is 0.00492. The Morgan fingerprint density at radius 3 is 1.67 bits per heavy atom. The normalized spacial score (nSPS) is 19.9. The van der Waals surface area contributed by atoms with Crippen LogP contribution in [0.3, 0.4) is 0 Å². The molecule has 1 unspecified atom stereocenters. The van der Waals surface area contributed by atoms with Gasteiger partial charge in [-0.05, 0) is 103 Å². The van der Waals surface area contributed by atoms with Gasteiger partial charge in [0.05, 0.1) is 33.1 Å². The average Bonchev–Trinajstić information content (AvgIpc) is 3.29. The molecule has 4 fully saturated rings. The van der Waals surface area contributed by atoms with Gasteiger partial charge in [0, 0.05) is 30.9 Å². The third-order valence-corrected chi connectivity index (χ3v) is 12.6. The predicted octanol–water partition coefficient (Wildman–Crippen LogP) is 8.41. The summed E-state index contributed by atoms with van der Waals surface area (Å²) in [6.45, 7) is 0.137. The average molecular weight is 849 g/mol. The molecule has 63 heavy (non-hydrogen) atoms. The van der Waals surface area contributed by atoms with E-state index >= 15 is 0 Å². The zero-order chi connectivity index (χ0) is 43.9. The smallest absolute Gasteiger partial charge is 0.338 e. The molecular formula is C50H48N4O9. The fourth-order valence-corrected chi connectivity index (χ4v) is 10.0. The van der Waals surface area contributed by atoms with E-state index in [1.807, 2.05) is 36.4 Å². The molecule has 4 bridgehead atoms. The van der Waals surface area contributed by atoms with Crippen molar-refractivity contribution in [1.29, 1.82) is 0 Å². The molecule has 0 radical (unpaired) electrons. The number of carbonyl (C=O) groups excluding carboxylic acids is 5. The summed E-state index contributed by atoms with van der Waals surface area (Å²) in [6.07, 6.45) is 6.87. The van der Waals surface area contributed by atoms with Gasteiger partial charge in [-0.1, -0.05) is 91.0 Å². The molecule has 13 heteroatoms. The van der Waals surface area contributed by atoms with E-state index in [1.165, 1.54) is 49.6 Å². The molecule has 0 aromatic heterocycles. The Bertz CT molecular complexity index is 2400. The topological polar surface area (TPSA) is 183 Å². The van der Waals surface area contributed by atoms with Crippen LogP contribution in [0.25, 0.3) is 0 Å². The van der Waals surface area contributed by atoms with Crippen molar-refractivity contribution in [2.45, 2.75) is 57.7 Å². The highest BCUT2D eigenvalue weighted by Crippen LogP contribution is 2.59. The summed E-state index contributed by atoms with van der Waals surface area (Å²) < 4.78 is 11.1. The van der Waals surface area contributed by atoms with E-state index < -0.39 is 40.5 Å². The standard InChI is InChI=1S/C50H48N4O9/c55-45(42-17-16-41(54(60)61)24-43(42)46(56)52-31-50-25-34-18-35(26-50)20-36(19-34)27-50)51-28-44(37-14-8-3-9-15-37)47(57)53-40-22-38(48(58)62-29-32-10-4-1-5-11-32)21-39(23-40)49(59)63-30-33-12-6-2-7-13-33/h1-17,21-24,34-36,44H,18-20,25-31H2,(H,51,55)(H,52,56)(H,53,57). The Balaban J connectivity index is 1.00. The molecule has 13 nitrogen and oxygen atoms in total. The highest BCUT2D eigenvalue weighted by Gasteiger charge is 2.50. The van der Waals surface area contributed by atoms with Gasteiger partial charge in [-0.2, -0.15) is 0 Å². The van der Waals surface area contributed by atoms with Crippen LogP contribution in [0.15, 0.2) is 127 Å². The number of esters is 2. The molecule has 9 rings (SSSR count). The maximum Gasteiger partial charge on any atom is 0.338 e. The number of benzene rings is 5.